The zero-order valence-electron chi connectivity index (χ0n) is 10.4. The lowest BCUT2D eigenvalue weighted by Gasteiger charge is -2.11. The van der Waals surface area contributed by atoms with E-state index in [0.29, 0.717) is 10.9 Å². The number of rotatable bonds is 4. The molecule has 0 aliphatic heterocycles. The van der Waals surface area contributed by atoms with Gasteiger partial charge in [0.25, 0.3) is 0 Å². The average molecular weight is 344 g/mol. The van der Waals surface area contributed by atoms with Gasteiger partial charge < -0.3 is 4.74 Å². The van der Waals surface area contributed by atoms with Crippen LogP contribution in [-0.4, -0.2) is 7.11 Å². The fraction of sp³-hybridized carbons (Fsp3) is 0.200. The molecule has 0 amide bonds. The quantitative estimate of drug-likeness (QED) is 0.700. The van der Waals surface area contributed by atoms with E-state index in [1.165, 1.54) is 6.07 Å². The van der Waals surface area contributed by atoms with Gasteiger partial charge in [-0.3, -0.25) is 0 Å². The van der Waals surface area contributed by atoms with Crippen LogP contribution in [0.2, 0.25) is 0 Å². The highest BCUT2D eigenvalue weighted by Crippen LogP contribution is 2.28. The van der Waals surface area contributed by atoms with E-state index in [2.05, 4.69) is 15.9 Å². The van der Waals surface area contributed by atoms with Gasteiger partial charge in [-0.15, -0.1) is 11.6 Å². The van der Waals surface area contributed by atoms with Crippen molar-refractivity contribution in [2.24, 2.45) is 0 Å². The Morgan fingerprint density at radius 1 is 1.21 bits per heavy atom. The molecule has 0 spiro atoms. The highest BCUT2D eigenvalue weighted by Gasteiger charge is 2.11. The van der Waals surface area contributed by atoms with Crippen LogP contribution in [0.5, 0.6) is 5.75 Å². The summed E-state index contributed by atoms with van der Waals surface area (Å²) in [6.07, 6.45) is 0.684. The Balaban J connectivity index is 2.10. The molecule has 2 aromatic carbocycles. The van der Waals surface area contributed by atoms with Crippen LogP contribution in [0.15, 0.2) is 46.9 Å². The highest BCUT2D eigenvalue weighted by atomic mass is 79.9. The van der Waals surface area contributed by atoms with Crippen LogP contribution in [-0.2, 0) is 6.42 Å². The molecule has 0 heterocycles. The first kappa shape index (κ1) is 14.4. The molecule has 2 rings (SSSR count). The lowest BCUT2D eigenvalue weighted by molar-refractivity contribution is 0.414. The molecule has 0 aliphatic rings. The molecule has 0 saturated heterocycles. The maximum Gasteiger partial charge on any atom is 0.137 e. The van der Waals surface area contributed by atoms with Crippen LogP contribution in [0.1, 0.15) is 16.5 Å². The van der Waals surface area contributed by atoms with Gasteiger partial charge >= 0.3 is 0 Å². The molecule has 0 aliphatic carbocycles. The number of ether oxygens (including phenoxy) is 1. The largest absolute Gasteiger partial charge is 0.497 e. The van der Waals surface area contributed by atoms with Crippen LogP contribution < -0.4 is 4.74 Å². The van der Waals surface area contributed by atoms with Crippen molar-refractivity contribution >= 4 is 27.5 Å². The molecule has 0 fully saturated rings. The summed E-state index contributed by atoms with van der Waals surface area (Å²) in [6.45, 7) is 0. The SMILES string of the molecule is COc1ccc(CC(Cl)c2ccc(F)c(Br)c2)cc1. The Kier molecular flexibility index (Phi) is 4.83. The number of hydrogen-bond acceptors (Lipinski definition) is 1. The lowest BCUT2D eigenvalue weighted by atomic mass is 10.0. The number of benzene rings is 2. The van der Waals surface area contributed by atoms with E-state index in [0.717, 1.165) is 16.9 Å². The smallest absolute Gasteiger partial charge is 0.137 e. The van der Waals surface area contributed by atoms with Gasteiger partial charge in [-0.05, 0) is 57.7 Å². The van der Waals surface area contributed by atoms with Gasteiger partial charge in [0.2, 0.25) is 0 Å². The molecule has 19 heavy (non-hydrogen) atoms. The first-order chi connectivity index (χ1) is 9.10. The average Bonchev–Trinajstić information content (AvgIpc) is 2.42. The molecule has 4 heteroatoms. The maximum atomic E-state index is 13.2. The van der Waals surface area contributed by atoms with Gasteiger partial charge in [0.1, 0.15) is 11.6 Å². The van der Waals surface area contributed by atoms with Gasteiger partial charge in [-0.1, -0.05) is 18.2 Å². The fourth-order valence-electron chi connectivity index (χ4n) is 1.79. The molecule has 1 nitrogen and oxygen atoms in total. The van der Waals surface area contributed by atoms with Gasteiger partial charge in [0.15, 0.2) is 0 Å². The second kappa shape index (κ2) is 6.40. The van der Waals surface area contributed by atoms with Crippen LogP contribution in [0.3, 0.4) is 0 Å². The Morgan fingerprint density at radius 3 is 2.47 bits per heavy atom. The number of hydrogen-bond donors (Lipinski definition) is 0. The predicted octanol–water partition coefficient (Wildman–Crippen LogP) is 5.12. The van der Waals surface area contributed by atoms with Gasteiger partial charge in [-0.25, -0.2) is 4.39 Å². The molecule has 0 bridgehead atoms. The second-order valence-corrected chi connectivity index (χ2v) is 5.57. The molecule has 0 aromatic heterocycles. The minimum Gasteiger partial charge on any atom is -0.497 e. The normalized spacial score (nSPS) is 12.2. The van der Waals surface area contributed by atoms with E-state index in [-0.39, 0.29) is 11.2 Å². The summed E-state index contributed by atoms with van der Waals surface area (Å²) < 4.78 is 18.7. The van der Waals surface area contributed by atoms with Crippen LogP contribution in [0.25, 0.3) is 0 Å². The third kappa shape index (κ3) is 3.71. The number of halogens is 3. The van der Waals surface area contributed by atoms with E-state index >= 15 is 0 Å². The summed E-state index contributed by atoms with van der Waals surface area (Å²) in [7, 11) is 1.63. The zero-order chi connectivity index (χ0) is 13.8. The van der Waals surface area contributed by atoms with E-state index in [4.69, 9.17) is 16.3 Å². The van der Waals surface area contributed by atoms with Crippen molar-refractivity contribution in [3.63, 3.8) is 0 Å². The lowest BCUT2D eigenvalue weighted by Crippen LogP contribution is -1.97. The minimum atomic E-state index is -0.280. The Morgan fingerprint density at radius 2 is 1.89 bits per heavy atom. The summed E-state index contributed by atoms with van der Waals surface area (Å²) >= 11 is 9.53. The van der Waals surface area contributed by atoms with Crippen molar-refractivity contribution in [3.05, 3.63) is 63.9 Å². The highest BCUT2D eigenvalue weighted by molar-refractivity contribution is 9.10. The molecule has 100 valence electrons. The van der Waals surface area contributed by atoms with Crippen molar-refractivity contribution in [1.82, 2.24) is 0 Å². The van der Waals surface area contributed by atoms with E-state index in [9.17, 15) is 4.39 Å². The van der Waals surface area contributed by atoms with Crippen molar-refractivity contribution in [1.29, 1.82) is 0 Å². The van der Waals surface area contributed by atoms with Gasteiger partial charge in [0.05, 0.1) is 17.0 Å². The van der Waals surface area contributed by atoms with E-state index in [1.807, 2.05) is 24.3 Å². The first-order valence-corrected chi connectivity index (χ1v) is 7.05. The standard InChI is InChI=1S/C15H13BrClFO/c1-19-12-5-2-10(3-6-12)8-14(17)11-4-7-15(18)13(16)9-11/h2-7,9,14H,8H2,1H3. The first-order valence-electron chi connectivity index (χ1n) is 5.82. The second-order valence-electron chi connectivity index (χ2n) is 4.19. The molecule has 2 aromatic rings. The van der Waals surface area contributed by atoms with E-state index < -0.39 is 0 Å². The Hall–Kier alpha value is -1.06. The van der Waals surface area contributed by atoms with Crippen molar-refractivity contribution in [3.8, 4) is 5.75 Å². The van der Waals surface area contributed by atoms with Crippen molar-refractivity contribution in [2.45, 2.75) is 11.8 Å². The minimum absolute atomic E-state index is 0.190. The van der Waals surface area contributed by atoms with Gasteiger partial charge in [-0.2, -0.15) is 0 Å². The fourth-order valence-corrected chi connectivity index (χ4v) is 2.50. The molecular weight excluding hydrogens is 331 g/mol. The van der Waals surface area contributed by atoms with Crippen LogP contribution in [0.4, 0.5) is 4.39 Å². The molecule has 1 atom stereocenters. The molecule has 1 unspecified atom stereocenters. The van der Waals surface area contributed by atoms with E-state index in [1.54, 1.807) is 19.2 Å². The third-order valence-corrected chi connectivity index (χ3v) is 3.89. The molecule has 0 radical (unpaired) electrons. The Labute approximate surface area is 125 Å². The van der Waals surface area contributed by atoms with Crippen molar-refractivity contribution < 1.29 is 9.13 Å². The van der Waals surface area contributed by atoms with Gasteiger partial charge in [0, 0.05) is 0 Å². The summed E-state index contributed by atoms with van der Waals surface area (Å²) in [5, 5.41) is -0.190. The summed E-state index contributed by atoms with van der Waals surface area (Å²) in [6, 6.07) is 12.6. The third-order valence-electron chi connectivity index (χ3n) is 2.88. The zero-order valence-corrected chi connectivity index (χ0v) is 12.7. The molecule has 0 saturated carbocycles. The maximum absolute atomic E-state index is 13.2. The van der Waals surface area contributed by atoms with Crippen LogP contribution in [0, 0.1) is 5.82 Å². The number of methoxy groups -OCH3 is 1. The summed E-state index contributed by atoms with van der Waals surface area (Å²) in [5.74, 6) is 0.538. The Bertz CT molecular complexity index is 557. The summed E-state index contributed by atoms with van der Waals surface area (Å²) in [5.41, 5.74) is 2.01. The monoisotopic (exact) mass is 342 g/mol. The van der Waals surface area contributed by atoms with Crippen molar-refractivity contribution in [2.75, 3.05) is 7.11 Å². The molecule has 0 N–H and O–H groups in total. The summed E-state index contributed by atoms with van der Waals surface area (Å²) in [4.78, 5) is 0. The van der Waals surface area contributed by atoms with Crippen LogP contribution >= 0.6 is 27.5 Å². The number of alkyl halides is 1. The predicted molar refractivity (Wildman–Crippen MR) is 79.4 cm³/mol. The molecular formula is C15H13BrClFO. The topological polar surface area (TPSA) is 9.23 Å².